The van der Waals surface area contributed by atoms with Crippen molar-refractivity contribution in [3.8, 4) is 0 Å². The number of nitrogens with zero attached hydrogens (tertiary/aromatic N) is 1. The first-order valence-electron chi connectivity index (χ1n) is 4.08. The van der Waals surface area contributed by atoms with Crippen molar-refractivity contribution >= 4 is 11.3 Å². The monoisotopic (exact) mass is 184 g/mol. The first-order valence-corrected chi connectivity index (χ1v) is 4.96. The molecule has 1 saturated heterocycles. The molecule has 1 aliphatic heterocycles. The van der Waals surface area contributed by atoms with E-state index in [1.165, 1.54) is 4.88 Å². The van der Waals surface area contributed by atoms with Gasteiger partial charge in [-0.2, -0.15) is 0 Å². The summed E-state index contributed by atoms with van der Waals surface area (Å²) in [6.07, 6.45) is -0.232. The van der Waals surface area contributed by atoms with E-state index in [1.54, 1.807) is 11.3 Å². The molecule has 2 N–H and O–H groups in total. The fourth-order valence-corrected chi connectivity index (χ4v) is 2.56. The smallest absolute Gasteiger partial charge is 0.0797 e. The Morgan fingerprint density at radius 1 is 1.67 bits per heavy atom. The Kier molecular flexibility index (Phi) is 2.12. The molecule has 1 aromatic heterocycles. The van der Waals surface area contributed by atoms with Crippen molar-refractivity contribution < 1.29 is 5.11 Å². The second-order valence-corrected chi connectivity index (χ2v) is 4.02. The van der Waals surface area contributed by atoms with Crippen LogP contribution in [0.3, 0.4) is 0 Å². The molecule has 4 heteroatoms. The fraction of sp³-hybridized carbons (Fsp3) is 0.625. The van der Waals surface area contributed by atoms with Crippen LogP contribution in [0.1, 0.15) is 16.5 Å². The average Bonchev–Trinajstić information content (AvgIpc) is 2.59. The predicted octanol–water partition coefficient (Wildman–Crippen LogP) is 0.499. The molecule has 0 aliphatic carbocycles. The van der Waals surface area contributed by atoms with Gasteiger partial charge in [-0.05, 0) is 6.92 Å². The number of hydrogen-bond acceptors (Lipinski definition) is 4. The highest BCUT2D eigenvalue weighted by Crippen LogP contribution is 2.28. The van der Waals surface area contributed by atoms with E-state index in [-0.39, 0.29) is 12.0 Å². The lowest BCUT2D eigenvalue weighted by atomic mass is 10.0. The second-order valence-electron chi connectivity index (χ2n) is 3.13. The summed E-state index contributed by atoms with van der Waals surface area (Å²) in [5, 5.41) is 12.8. The van der Waals surface area contributed by atoms with Crippen LogP contribution in [0.5, 0.6) is 0 Å². The molecule has 2 atom stereocenters. The van der Waals surface area contributed by atoms with Crippen LogP contribution in [-0.4, -0.2) is 29.3 Å². The van der Waals surface area contributed by atoms with Crippen LogP contribution in [0.25, 0.3) is 0 Å². The molecule has 1 fully saturated rings. The van der Waals surface area contributed by atoms with E-state index in [4.69, 9.17) is 0 Å². The Morgan fingerprint density at radius 2 is 2.50 bits per heavy atom. The minimum Gasteiger partial charge on any atom is -0.391 e. The van der Waals surface area contributed by atoms with Gasteiger partial charge in [0.15, 0.2) is 0 Å². The van der Waals surface area contributed by atoms with Crippen LogP contribution in [0, 0.1) is 6.92 Å². The molecule has 12 heavy (non-hydrogen) atoms. The number of hydrogen-bond donors (Lipinski definition) is 2. The van der Waals surface area contributed by atoms with Gasteiger partial charge < -0.3 is 10.4 Å². The lowest BCUT2D eigenvalue weighted by molar-refractivity contribution is 0.178. The van der Waals surface area contributed by atoms with Gasteiger partial charge in [-0.25, -0.2) is 4.98 Å². The number of β-amino-alcohol motifs (C(OH)–C–C–N with tert-alkyl or cyclic N) is 1. The van der Waals surface area contributed by atoms with Crippen LogP contribution >= 0.6 is 11.3 Å². The fourth-order valence-electron chi connectivity index (χ4n) is 1.60. The summed E-state index contributed by atoms with van der Waals surface area (Å²) in [4.78, 5) is 5.40. The highest BCUT2D eigenvalue weighted by Gasteiger charge is 2.28. The minimum atomic E-state index is -0.232. The first kappa shape index (κ1) is 8.16. The Labute approximate surface area is 75.5 Å². The molecule has 3 nitrogen and oxygen atoms in total. The molecule has 2 heterocycles. The zero-order chi connectivity index (χ0) is 8.55. The number of aliphatic hydroxyl groups is 1. The molecule has 2 rings (SSSR count). The van der Waals surface area contributed by atoms with Gasteiger partial charge in [0.1, 0.15) is 0 Å². The van der Waals surface area contributed by atoms with Gasteiger partial charge in [0, 0.05) is 23.9 Å². The predicted molar refractivity (Wildman–Crippen MR) is 48.5 cm³/mol. The number of aryl methyl sites for hydroxylation is 1. The van der Waals surface area contributed by atoms with Crippen LogP contribution in [0.2, 0.25) is 0 Å². The molecule has 0 bridgehead atoms. The van der Waals surface area contributed by atoms with Gasteiger partial charge in [0.2, 0.25) is 0 Å². The number of aromatic nitrogens is 1. The summed E-state index contributed by atoms with van der Waals surface area (Å²) in [5.74, 6) is 0.262. The SMILES string of the molecule is Cc1ncsc1[C@@H]1CNC[C@H]1O. The van der Waals surface area contributed by atoms with Crippen molar-refractivity contribution in [2.75, 3.05) is 13.1 Å². The quantitative estimate of drug-likeness (QED) is 0.668. The molecule has 0 aromatic carbocycles. The van der Waals surface area contributed by atoms with Gasteiger partial charge in [0.05, 0.1) is 17.3 Å². The normalized spacial score (nSPS) is 29.5. The average molecular weight is 184 g/mol. The van der Waals surface area contributed by atoms with Crippen molar-refractivity contribution in [2.24, 2.45) is 0 Å². The topological polar surface area (TPSA) is 45.2 Å². The van der Waals surface area contributed by atoms with E-state index in [0.717, 1.165) is 12.2 Å². The Hall–Kier alpha value is -0.450. The molecule has 1 aromatic rings. The maximum atomic E-state index is 9.60. The van der Waals surface area contributed by atoms with Gasteiger partial charge in [-0.3, -0.25) is 0 Å². The first-order chi connectivity index (χ1) is 5.79. The zero-order valence-corrected chi connectivity index (χ0v) is 7.77. The van der Waals surface area contributed by atoms with Crippen molar-refractivity contribution in [2.45, 2.75) is 18.9 Å². The third kappa shape index (κ3) is 1.26. The van der Waals surface area contributed by atoms with Crippen LogP contribution in [-0.2, 0) is 0 Å². The Bertz CT molecular complexity index is 274. The van der Waals surface area contributed by atoms with E-state index >= 15 is 0 Å². The molecule has 0 saturated carbocycles. The van der Waals surface area contributed by atoms with E-state index < -0.39 is 0 Å². The van der Waals surface area contributed by atoms with Crippen molar-refractivity contribution in [1.29, 1.82) is 0 Å². The third-order valence-electron chi connectivity index (χ3n) is 2.30. The van der Waals surface area contributed by atoms with Gasteiger partial charge in [-0.15, -0.1) is 11.3 Å². The minimum absolute atomic E-state index is 0.232. The zero-order valence-electron chi connectivity index (χ0n) is 6.95. The maximum Gasteiger partial charge on any atom is 0.0797 e. The summed E-state index contributed by atoms with van der Waals surface area (Å²) in [6, 6.07) is 0. The molecule has 0 amide bonds. The summed E-state index contributed by atoms with van der Waals surface area (Å²) >= 11 is 1.64. The number of aliphatic hydroxyl groups excluding tert-OH is 1. The maximum absolute atomic E-state index is 9.60. The summed E-state index contributed by atoms with van der Waals surface area (Å²) in [7, 11) is 0. The molecule has 0 radical (unpaired) electrons. The van der Waals surface area contributed by atoms with Crippen LogP contribution in [0.4, 0.5) is 0 Å². The molecular weight excluding hydrogens is 172 g/mol. The number of thiazole rings is 1. The molecule has 1 aliphatic rings. The Balaban J connectivity index is 2.24. The van der Waals surface area contributed by atoms with Crippen LogP contribution in [0.15, 0.2) is 5.51 Å². The summed E-state index contributed by atoms with van der Waals surface area (Å²) in [5.41, 5.74) is 2.91. The standard InChI is InChI=1S/C8H12N2OS/c1-5-8(12-4-10-5)6-2-9-3-7(6)11/h4,6-7,9,11H,2-3H2,1H3/t6-,7-/m1/s1. The van der Waals surface area contributed by atoms with Crippen molar-refractivity contribution in [3.05, 3.63) is 16.1 Å². The second kappa shape index (κ2) is 3.12. The summed E-state index contributed by atoms with van der Waals surface area (Å²) < 4.78 is 0. The van der Waals surface area contributed by atoms with Crippen LogP contribution < -0.4 is 5.32 Å². The number of nitrogens with one attached hydrogen (secondary N) is 1. The van der Waals surface area contributed by atoms with Crippen molar-refractivity contribution in [1.82, 2.24) is 10.3 Å². The molecule has 66 valence electrons. The lowest BCUT2D eigenvalue weighted by Crippen LogP contribution is -2.15. The Morgan fingerprint density at radius 3 is 3.00 bits per heavy atom. The van der Waals surface area contributed by atoms with Gasteiger partial charge in [-0.1, -0.05) is 0 Å². The third-order valence-corrected chi connectivity index (χ3v) is 3.36. The summed E-state index contributed by atoms with van der Waals surface area (Å²) in [6.45, 7) is 3.59. The van der Waals surface area contributed by atoms with Crippen molar-refractivity contribution in [3.63, 3.8) is 0 Å². The lowest BCUT2D eigenvalue weighted by Gasteiger charge is -2.10. The van der Waals surface area contributed by atoms with Gasteiger partial charge in [0.25, 0.3) is 0 Å². The largest absolute Gasteiger partial charge is 0.391 e. The van der Waals surface area contributed by atoms with E-state index in [2.05, 4.69) is 10.3 Å². The number of rotatable bonds is 1. The van der Waals surface area contributed by atoms with E-state index in [1.807, 2.05) is 12.4 Å². The van der Waals surface area contributed by atoms with Gasteiger partial charge >= 0.3 is 0 Å². The van der Waals surface area contributed by atoms with E-state index in [9.17, 15) is 5.11 Å². The molecular formula is C8H12N2OS. The molecule has 0 spiro atoms. The van der Waals surface area contributed by atoms with E-state index in [0.29, 0.717) is 6.54 Å². The highest BCUT2D eigenvalue weighted by molar-refractivity contribution is 7.09. The molecule has 0 unspecified atom stereocenters. The highest BCUT2D eigenvalue weighted by atomic mass is 32.1.